The van der Waals surface area contributed by atoms with E-state index in [1.165, 1.54) is 25.7 Å². The molecule has 0 spiro atoms. The van der Waals surface area contributed by atoms with E-state index in [0.717, 1.165) is 33.9 Å². The molecule has 1 N–H and O–H groups in total. The summed E-state index contributed by atoms with van der Waals surface area (Å²) in [6, 6.07) is 7.72. The number of amides is 1. The Hall–Kier alpha value is -0.580. The Labute approximate surface area is 129 Å². The third-order valence-electron chi connectivity index (χ3n) is 3.99. The normalized spacial score (nSPS) is 23.1. The van der Waals surface area contributed by atoms with Crippen molar-refractivity contribution in [1.82, 2.24) is 5.32 Å². The number of hydrogen-bond acceptors (Lipinski definition) is 1. The first-order valence-corrected chi connectivity index (χ1v) is 8.27. The monoisotopic (exact) mass is 371 g/mol. The predicted molar refractivity (Wildman–Crippen MR) is 87.2 cm³/mol. The lowest BCUT2D eigenvalue weighted by atomic mass is 9.81. The van der Waals surface area contributed by atoms with Crippen LogP contribution in [0.15, 0.2) is 24.3 Å². The number of carbonyl (C=O) groups is 1. The highest BCUT2D eigenvalue weighted by Gasteiger charge is 2.18. The molecule has 0 bridgehead atoms. The lowest BCUT2D eigenvalue weighted by Gasteiger charge is -2.26. The molecule has 2 nitrogen and oxygen atoms in total. The zero-order valence-corrected chi connectivity index (χ0v) is 13.7. The van der Waals surface area contributed by atoms with Crippen molar-refractivity contribution in [2.75, 3.05) is 6.54 Å². The van der Waals surface area contributed by atoms with Gasteiger partial charge in [-0.1, -0.05) is 26.2 Å². The van der Waals surface area contributed by atoms with Crippen molar-refractivity contribution in [2.24, 2.45) is 11.8 Å². The lowest BCUT2D eigenvalue weighted by Crippen LogP contribution is -2.27. The van der Waals surface area contributed by atoms with E-state index in [4.69, 9.17) is 0 Å². The maximum atomic E-state index is 11.9. The Balaban J connectivity index is 1.73. The van der Waals surface area contributed by atoms with Crippen LogP contribution in [0.3, 0.4) is 0 Å². The summed E-state index contributed by atoms with van der Waals surface area (Å²) in [6.45, 7) is 3.15. The molecule has 2 rings (SSSR count). The fourth-order valence-corrected chi connectivity index (χ4v) is 3.27. The quantitative estimate of drug-likeness (QED) is 0.789. The van der Waals surface area contributed by atoms with Crippen LogP contribution in [-0.2, 0) is 0 Å². The molecule has 2 atom stereocenters. The van der Waals surface area contributed by atoms with Gasteiger partial charge in [0.2, 0.25) is 0 Å². The Bertz CT molecular complexity index is 415. The minimum Gasteiger partial charge on any atom is -0.352 e. The summed E-state index contributed by atoms with van der Waals surface area (Å²) in [5.74, 6) is 1.73. The van der Waals surface area contributed by atoms with Gasteiger partial charge in [0.05, 0.1) is 0 Å². The molecule has 1 fully saturated rings. The zero-order chi connectivity index (χ0) is 13.7. The van der Waals surface area contributed by atoms with Gasteiger partial charge in [0.1, 0.15) is 0 Å². The standard InChI is InChI=1S/C16H22INO/c1-12-3-2-4-13(11-12)9-10-18-16(19)14-5-7-15(17)8-6-14/h5-8,12-13H,2-4,9-11H2,1H3,(H,18,19). The van der Waals surface area contributed by atoms with Crippen LogP contribution in [0.4, 0.5) is 0 Å². The van der Waals surface area contributed by atoms with Crippen molar-refractivity contribution in [1.29, 1.82) is 0 Å². The van der Waals surface area contributed by atoms with Crippen LogP contribution in [0.1, 0.15) is 49.4 Å². The van der Waals surface area contributed by atoms with E-state index in [0.29, 0.717) is 0 Å². The zero-order valence-electron chi connectivity index (χ0n) is 11.5. The van der Waals surface area contributed by atoms with Crippen LogP contribution in [0.25, 0.3) is 0 Å². The molecule has 104 valence electrons. The molecule has 0 aliphatic heterocycles. The van der Waals surface area contributed by atoms with Crippen molar-refractivity contribution in [3.05, 3.63) is 33.4 Å². The van der Waals surface area contributed by atoms with Gasteiger partial charge in [-0.3, -0.25) is 4.79 Å². The Morgan fingerprint density at radius 3 is 2.74 bits per heavy atom. The summed E-state index contributed by atoms with van der Waals surface area (Å²) in [5.41, 5.74) is 0.762. The number of benzene rings is 1. The van der Waals surface area contributed by atoms with Gasteiger partial charge in [-0.25, -0.2) is 0 Å². The molecule has 0 saturated heterocycles. The van der Waals surface area contributed by atoms with Gasteiger partial charge < -0.3 is 5.32 Å². The molecule has 1 aromatic rings. The van der Waals surface area contributed by atoms with Crippen molar-refractivity contribution < 1.29 is 4.79 Å². The first kappa shape index (κ1) is 14.8. The topological polar surface area (TPSA) is 29.1 Å². The van der Waals surface area contributed by atoms with Gasteiger partial charge in [0.15, 0.2) is 0 Å². The molecular weight excluding hydrogens is 349 g/mol. The molecule has 0 heterocycles. The molecule has 1 amide bonds. The van der Waals surface area contributed by atoms with Crippen molar-refractivity contribution in [3.63, 3.8) is 0 Å². The lowest BCUT2D eigenvalue weighted by molar-refractivity contribution is 0.0949. The molecular formula is C16H22INO. The second-order valence-corrected chi connectivity index (χ2v) is 6.93. The number of halogens is 1. The molecule has 1 aliphatic carbocycles. The number of carbonyl (C=O) groups excluding carboxylic acids is 1. The van der Waals surface area contributed by atoms with Crippen LogP contribution in [0.5, 0.6) is 0 Å². The average molecular weight is 371 g/mol. The highest BCUT2D eigenvalue weighted by atomic mass is 127. The first-order valence-electron chi connectivity index (χ1n) is 7.19. The molecule has 19 heavy (non-hydrogen) atoms. The van der Waals surface area contributed by atoms with Gasteiger partial charge in [-0.05, 0) is 71.5 Å². The predicted octanol–water partition coefficient (Wildman–Crippen LogP) is 4.24. The van der Waals surface area contributed by atoms with E-state index in [1.807, 2.05) is 24.3 Å². The molecule has 3 heteroatoms. The van der Waals surface area contributed by atoms with Crippen LogP contribution in [-0.4, -0.2) is 12.5 Å². The number of hydrogen-bond donors (Lipinski definition) is 1. The SMILES string of the molecule is CC1CCCC(CCNC(=O)c2ccc(I)cc2)C1. The summed E-state index contributed by atoms with van der Waals surface area (Å²) < 4.78 is 1.16. The van der Waals surface area contributed by atoms with Gasteiger partial charge in [-0.15, -0.1) is 0 Å². The second kappa shape index (κ2) is 7.27. The van der Waals surface area contributed by atoms with Crippen LogP contribution >= 0.6 is 22.6 Å². The van der Waals surface area contributed by atoms with E-state index in [-0.39, 0.29) is 5.91 Å². The van der Waals surface area contributed by atoms with Gasteiger partial charge >= 0.3 is 0 Å². The fraction of sp³-hybridized carbons (Fsp3) is 0.562. The molecule has 1 aromatic carbocycles. The van der Waals surface area contributed by atoms with E-state index in [2.05, 4.69) is 34.8 Å². The van der Waals surface area contributed by atoms with Gasteiger partial charge in [0.25, 0.3) is 5.91 Å². The number of rotatable bonds is 4. The van der Waals surface area contributed by atoms with E-state index < -0.39 is 0 Å². The highest BCUT2D eigenvalue weighted by molar-refractivity contribution is 14.1. The summed E-state index contributed by atoms with van der Waals surface area (Å²) in [5, 5.41) is 3.04. The average Bonchev–Trinajstić information content (AvgIpc) is 2.39. The highest BCUT2D eigenvalue weighted by Crippen LogP contribution is 2.30. The molecule has 0 radical (unpaired) electrons. The second-order valence-electron chi connectivity index (χ2n) is 5.69. The van der Waals surface area contributed by atoms with Gasteiger partial charge in [0, 0.05) is 15.7 Å². The van der Waals surface area contributed by atoms with E-state index in [1.54, 1.807) is 0 Å². The smallest absolute Gasteiger partial charge is 0.251 e. The molecule has 1 saturated carbocycles. The Kier molecular flexibility index (Phi) is 5.67. The maximum absolute atomic E-state index is 11.9. The van der Waals surface area contributed by atoms with Crippen LogP contribution in [0, 0.1) is 15.4 Å². The minimum atomic E-state index is 0.0558. The maximum Gasteiger partial charge on any atom is 0.251 e. The first-order chi connectivity index (χ1) is 9.15. The van der Waals surface area contributed by atoms with Crippen LogP contribution in [0.2, 0.25) is 0 Å². The molecule has 0 aromatic heterocycles. The summed E-state index contributed by atoms with van der Waals surface area (Å²) in [4.78, 5) is 11.9. The Morgan fingerprint density at radius 2 is 2.05 bits per heavy atom. The summed E-state index contributed by atoms with van der Waals surface area (Å²) in [6.07, 6.45) is 6.53. The Morgan fingerprint density at radius 1 is 1.32 bits per heavy atom. The van der Waals surface area contributed by atoms with Crippen molar-refractivity contribution in [2.45, 2.75) is 39.0 Å². The minimum absolute atomic E-state index is 0.0558. The third-order valence-corrected chi connectivity index (χ3v) is 4.71. The number of nitrogens with one attached hydrogen (secondary N) is 1. The van der Waals surface area contributed by atoms with Crippen molar-refractivity contribution in [3.8, 4) is 0 Å². The summed E-state index contributed by atoms with van der Waals surface area (Å²) in [7, 11) is 0. The van der Waals surface area contributed by atoms with E-state index >= 15 is 0 Å². The van der Waals surface area contributed by atoms with Crippen LogP contribution < -0.4 is 5.32 Å². The molecule has 1 aliphatic rings. The van der Waals surface area contributed by atoms with Gasteiger partial charge in [-0.2, -0.15) is 0 Å². The fourth-order valence-electron chi connectivity index (χ4n) is 2.92. The third kappa shape index (κ3) is 4.79. The largest absolute Gasteiger partial charge is 0.352 e. The molecule has 2 unspecified atom stereocenters. The summed E-state index contributed by atoms with van der Waals surface area (Å²) >= 11 is 2.25. The van der Waals surface area contributed by atoms with Crippen molar-refractivity contribution >= 4 is 28.5 Å². The van der Waals surface area contributed by atoms with E-state index in [9.17, 15) is 4.79 Å².